The van der Waals surface area contributed by atoms with Gasteiger partial charge in [-0.3, -0.25) is 0 Å². The number of hydrogen-bond acceptors (Lipinski definition) is 7. The van der Waals surface area contributed by atoms with Crippen molar-refractivity contribution in [1.29, 1.82) is 0 Å². The summed E-state index contributed by atoms with van der Waals surface area (Å²) in [6.07, 6.45) is 1.06. The minimum atomic E-state index is -3.24. The van der Waals surface area contributed by atoms with Crippen molar-refractivity contribution in [3.05, 3.63) is 23.9 Å². The second kappa shape index (κ2) is 8.16. The van der Waals surface area contributed by atoms with Crippen molar-refractivity contribution in [3.8, 4) is 0 Å². The molecular formula is C21H26F4N6O2S. The Hall–Kier alpha value is -2.25. The fourth-order valence-corrected chi connectivity index (χ4v) is 5.95. The minimum absolute atomic E-state index is 0.0465. The predicted octanol–water partition coefficient (Wildman–Crippen LogP) is 2.45. The molecule has 3 fully saturated rings. The van der Waals surface area contributed by atoms with Crippen molar-refractivity contribution in [1.82, 2.24) is 19.6 Å². The number of hydrogen-bond donors (Lipinski definition) is 2. The van der Waals surface area contributed by atoms with Gasteiger partial charge in [-0.1, -0.05) is 0 Å². The molecule has 0 amide bonds. The van der Waals surface area contributed by atoms with E-state index in [2.05, 4.69) is 20.6 Å². The summed E-state index contributed by atoms with van der Waals surface area (Å²) in [5.41, 5.74) is -0.614. The zero-order valence-electron chi connectivity index (χ0n) is 18.6. The Morgan fingerprint density at radius 1 is 1.18 bits per heavy atom. The third-order valence-corrected chi connectivity index (χ3v) is 8.41. The van der Waals surface area contributed by atoms with Crippen molar-refractivity contribution in [2.24, 2.45) is 5.41 Å². The molecule has 1 aromatic carbocycles. The highest BCUT2D eigenvalue weighted by molar-refractivity contribution is 7.88. The van der Waals surface area contributed by atoms with Crippen LogP contribution < -0.4 is 15.5 Å². The highest BCUT2D eigenvalue weighted by Crippen LogP contribution is 2.49. The predicted molar refractivity (Wildman–Crippen MR) is 120 cm³/mol. The summed E-state index contributed by atoms with van der Waals surface area (Å²) in [7, 11) is -3.24. The van der Waals surface area contributed by atoms with Crippen LogP contribution in [0, 0.1) is 5.41 Å². The molecule has 5 rings (SSSR count). The summed E-state index contributed by atoms with van der Waals surface area (Å²) in [6.45, 7) is 0.650. The number of alkyl halides is 4. The molecule has 0 bridgehead atoms. The van der Waals surface area contributed by atoms with Crippen LogP contribution in [-0.4, -0.2) is 80.2 Å². The zero-order valence-corrected chi connectivity index (χ0v) is 19.4. The van der Waals surface area contributed by atoms with Gasteiger partial charge in [-0.05, 0) is 25.0 Å². The SMILES string of the molecule is CS(=O)(=O)N1CCC(Nc2ncc3cc(C(F)F)cc(N4CC5(CNCC5(F)F)C4)c3n2)CC1. The van der Waals surface area contributed by atoms with Gasteiger partial charge >= 0.3 is 0 Å². The number of sulfonamides is 1. The quantitative estimate of drug-likeness (QED) is 0.607. The number of fused-ring (bicyclic) bond motifs is 1. The molecule has 0 saturated carbocycles. The van der Waals surface area contributed by atoms with Gasteiger partial charge in [-0.15, -0.1) is 0 Å². The summed E-state index contributed by atoms with van der Waals surface area (Å²) in [5, 5.41) is 6.35. The monoisotopic (exact) mass is 502 g/mol. The number of halogens is 4. The lowest BCUT2D eigenvalue weighted by Gasteiger charge is -2.51. The van der Waals surface area contributed by atoms with E-state index in [0.717, 1.165) is 0 Å². The second-order valence-electron chi connectivity index (χ2n) is 9.50. The average molecular weight is 503 g/mol. The van der Waals surface area contributed by atoms with E-state index in [1.165, 1.54) is 28.9 Å². The molecule has 13 heteroatoms. The number of nitrogens with zero attached hydrogens (tertiary/aromatic N) is 4. The Labute approximate surface area is 194 Å². The summed E-state index contributed by atoms with van der Waals surface area (Å²) >= 11 is 0. The number of aromatic nitrogens is 2. The smallest absolute Gasteiger partial charge is 0.270 e. The molecule has 186 valence electrons. The second-order valence-corrected chi connectivity index (χ2v) is 11.5. The molecule has 1 aromatic heterocycles. The molecule has 0 radical (unpaired) electrons. The summed E-state index contributed by atoms with van der Waals surface area (Å²) in [6, 6.07) is 2.59. The van der Waals surface area contributed by atoms with Gasteiger partial charge in [-0.2, -0.15) is 0 Å². The Kier molecular flexibility index (Phi) is 5.64. The van der Waals surface area contributed by atoms with Crippen molar-refractivity contribution in [3.63, 3.8) is 0 Å². The molecule has 0 aliphatic carbocycles. The van der Waals surface area contributed by atoms with Gasteiger partial charge in [0, 0.05) is 55.9 Å². The molecule has 3 aliphatic rings. The Morgan fingerprint density at radius 3 is 2.47 bits per heavy atom. The van der Waals surface area contributed by atoms with E-state index < -0.39 is 27.8 Å². The molecule has 2 aromatic rings. The Bertz CT molecular complexity index is 1200. The van der Waals surface area contributed by atoms with Gasteiger partial charge in [-0.25, -0.2) is 40.3 Å². The first-order chi connectivity index (χ1) is 16.0. The fraction of sp³-hybridized carbons (Fsp3) is 0.619. The summed E-state index contributed by atoms with van der Waals surface area (Å²) in [5.74, 6) is -2.57. The highest BCUT2D eigenvalue weighted by Gasteiger charge is 2.63. The van der Waals surface area contributed by atoms with Crippen LogP contribution in [0.3, 0.4) is 0 Å². The lowest BCUT2D eigenvalue weighted by Crippen LogP contribution is -2.64. The minimum Gasteiger partial charge on any atom is -0.368 e. The normalized spacial score (nSPS) is 23.1. The molecule has 0 unspecified atom stereocenters. The molecule has 2 N–H and O–H groups in total. The van der Waals surface area contributed by atoms with Gasteiger partial charge in [0.2, 0.25) is 16.0 Å². The molecule has 1 spiro atoms. The lowest BCUT2D eigenvalue weighted by atomic mass is 9.76. The van der Waals surface area contributed by atoms with Crippen LogP contribution in [0.2, 0.25) is 0 Å². The number of benzene rings is 1. The molecule has 4 heterocycles. The average Bonchev–Trinajstić information content (AvgIpc) is 3.06. The van der Waals surface area contributed by atoms with Crippen molar-refractivity contribution in [2.75, 3.05) is 55.7 Å². The van der Waals surface area contributed by atoms with Crippen molar-refractivity contribution < 1.29 is 26.0 Å². The fourth-order valence-electron chi connectivity index (χ4n) is 5.07. The molecule has 3 saturated heterocycles. The maximum atomic E-state index is 14.4. The van der Waals surface area contributed by atoms with Crippen LogP contribution in [0.5, 0.6) is 0 Å². The van der Waals surface area contributed by atoms with Gasteiger partial charge in [0.25, 0.3) is 12.3 Å². The Balaban J connectivity index is 1.40. The van der Waals surface area contributed by atoms with Crippen LogP contribution >= 0.6 is 0 Å². The van der Waals surface area contributed by atoms with Gasteiger partial charge < -0.3 is 15.5 Å². The van der Waals surface area contributed by atoms with Crippen LogP contribution in [0.1, 0.15) is 24.8 Å². The molecule has 3 aliphatic heterocycles. The maximum Gasteiger partial charge on any atom is 0.270 e. The van der Waals surface area contributed by atoms with Crippen LogP contribution in [0.4, 0.5) is 29.2 Å². The number of piperidine rings is 1. The first-order valence-corrected chi connectivity index (χ1v) is 13.0. The third-order valence-electron chi connectivity index (χ3n) is 7.11. The van der Waals surface area contributed by atoms with E-state index in [1.807, 2.05) is 0 Å². The van der Waals surface area contributed by atoms with E-state index in [-0.39, 0.29) is 37.8 Å². The highest BCUT2D eigenvalue weighted by atomic mass is 32.2. The summed E-state index contributed by atoms with van der Waals surface area (Å²) in [4.78, 5) is 10.5. The van der Waals surface area contributed by atoms with Gasteiger partial charge in [0.1, 0.15) is 0 Å². The molecule has 0 atom stereocenters. The van der Waals surface area contributed by atoms with E-state index in [1.54, 1.807) is 4.90 Å². The van der Waals surface area contributed by atoms with Crippen molar-refractivity contribution >= 4 is 32.6 Å². The van der Waals surface area contributed by atoms with Gasteiger partial charge in [0.15, 0.2) is 0 Å². The molecule has 34 heavy (non-hydrogen) atoms. The third kappa shape index (κ3) is 4.07. The summed E-state index contributed by atoms with van der Waals surface area (Å²) < 4.78 is 80.7. The lowest BCUT2D eigenvalue weighted by molar-refractivity contribution is -0.0961. The Morgan fingerprint density at radius 2 is 1.88 bits per heavy atom. The number of rotatable bonds is 5. The largest absolute Gasteiger partial charge is 0.368 e. The molecular weight excluding hydrogens is 476 g/mol. The van der Waals surface area contributed by atoms with Crippen LogP contribution in [0.25, 0.3) is 10.9 Å². The zero-order chi connectivity index (χ0) is 24.3. The number of anilines is 2. The van der Waals surface area contributed by atoms with E-state index in [0.29, 0.717) is 48.5 Å². The van der Waals surface area contributed by atoms with Crippen LogP contribution in [-0.2, 0) is 10.0 Å². The standard InChI is InChI=1S/C21H26F4N6O2S/c1-34(32,33)31-4-2-15(3-5-31)28-19-27-8-14-6-13(18(22)23)7-16(17(14)29-19)30-11-20(12-30)9-26-10-21(20,24)25/h6-8,15,18,26H,2-5,9-12H2,1H3,(H,27,28,29). The van der Waals surface area contributed by atoms with E-state index >= 15 is 0 Å². The van der Waals surface area contributed by atoms with Crippen LogP contribution in [0.15, 0.2) is 18.3 Å². The molecule has 8 nitrogen and oxygen atoms in total. The topological polar surface area (TPSA) is 90.5 Å². The number of nitrogens with one attached hydrogen (secondary N) is 2. The van der Waals surface area contributed by atoms with E-state index in [4.69, 9.17) is 0 Å². The first kappa shape index (κ1) is 23.5. The first-order valence-electron chi connectivity index (χ1n) is 11.1. The van der Waals surface area contributed by atoms with Crippen molar-refractivity contribution in [2.45, 2.75) is 31.2 Å². The van der Waals surface area contributed by atoms with Gasteiger partial charge in [0.05, 0.1) is 29.4 Å². The van der Waals surface area contributed by atoms with E-state index in [9.17, 15) is 26.0 Å². The maximum absolute atomic E-state index is 14.4.